The number of carbonyl (C=O) groups is 5. The molecule has 1 aromatic rings. The molecule has 1 unspecified atom stereocenters. The van der Waals surface area contributed by atoms with Crippen LogP contribution in [0.15, 0.2) is 30.3 Å². The predicted molar refractivity (Wildman–Crippen MR) is 159 cm³/mol. The van der Waals surface area contributed by atoms with Crippen LogP contribution in [0, 0.1) is 11.3 Å². The SMILES string of the molecule is CCCC(NC(=O)[C@@H]1[C@H]2NCC(F)(F)[C@H]2CN1C(=O)[C@@H](NC(=O)OC(C)C)C(C)(C)C)C(=O)C(=O)N[C@@H](C)c1ccccc1. The topological polar surface area (TPSA) is 146 Å². The second-order valence-electron chi connectivity index (χ2n) is 12.9. The molecule has 4 amide bonds. The minimum atomic E-state index is -3.20. The first kappa shape index (κ1) is 34.9. The summed E-state index contributed by atoms with van der Waals surface area (Å²) in [5.74, 6) is -7.94. The van der Waals surface area contributed by atoms with Crippen molar-refractivity contribution < 1.29 is 37.5 Å². The summed E-state index contributed by atoms with van der Waals surface area (Å²) in [5.41, 5.74) is -0.0980. The number of rotatable bonds is 11. The summed E-state index contributed by atoms with van der Waals surface area (Å²) in [6, 6.07) is 3.55. The van der Waals surface area contributed by atoms with Crippen LogP contribution in [0.25, 0.3) is 0 Å². The zero-order valence-corrected chi connectivity index (χ0v) is 26.4. The molecule has 44 heavy (non-hydrogen) atoms. The molecule has 0 aromatic heterocycles. The van der Waals surface area contributed by atoms with Gasteiger partial charge in [0.2, 0.25) is 17.6 Å². The molecule has 2 saturated heterocycles. The molecular weight excluding hydrogens is 576 g/mol. The van der Waals surface area contributed by atoms with Crippen molar-refractivity contribution in [3.8, 4) is 0 Å². The number of halogens is 2. The summed E-state index contributed by atoms with van der Waals surface area (Å²) in [7, 11) is 0. The highest BCUT2D eigenvalue weighted by atomic mass is 19.3. The van der Waals surface area contributed by atoms with Crippen molar-refractivity contribution in [2.75, 3.05) is 13.1 Å². The number of likely N-dealkylation sites (tertiary alicyclic amines) is 1. The predicted octanol–water partition coefficient (Wildman–Crippen LogP) is 2.70. The van der Waals surface area contributed by atoms with Gasteiger partial charge in [-0.2, -0.15) is 0 Å². The Hall–Kier alpha value is -3.61. The molecule has 2 aliphatic rings. The number of hydrogen-bond donors (Lipinski definition) is 4. The lowest BCUT2D eigenvalue weighted by molar-refractivity contribution is -0.144. The fraction of sp³-hybridized carbons (Fsp3) is 0.645. The Morgan fingerprint density at radius 1 is 1.05 bits per heavy atom. The molecule has 4 N–H and O–H groups in total. The van der Waals surface area contributed by atoms with Crippen molar-refractivity contribution in [3.05, 3.63) is 35.9 Å². The van der Waals surface area contributed by atoms with Crippen molar-refractivity contribution in [2.45, 2.75) is 104 Å². The molecule has 1 aromatic carbocycles. The summed E-state index contributed by atoms with van der Waals surface area (Å²) in [6.07, 6.45) is -0.786. The Morgan fingerprint density at radius 3 is 2.25 bits per heavy atom. The van der Waals surface area contributed by atoms with Gasteiger partial charge in [-0.3, -0.25) is 19.2 Å². The number of carbonyl (C=O) groups excluding carboxylic acids is 5. The molecule has 244 valence electrons. The number of nitrogens with one attached hydrogen (secondary N) is 4. The maximum absolute atomic E-state index is 14.9. The van der Waals surface area contributed by atoms with E-state index in [1.807, 2.05) is 6.07 Å². The molecule has 13 heteroatoms. The highest BCUT2D eigenvalue weighted by molar-refractivity contribution is 6.38. The number of amides is 4. The van der Waals surface area contributed by atoms with E-state index in [1.54, 1.807) is 72.7 Å². The first-order valence-electron chi connectivity index (χ1n) is 15.1. The largest absolute Gasteiger partial charge is 0.447 e. The van der Waals surface area contributed by atoms with Crippen molar-refractivity contribution in [1.82, 2.24) is 26.2 Å². The number of benzene rings is 1. The second-order valence-corrected chi connectivity index (χ2v) is 12.9. The Balaban J connectivity index is 1.86. The van der Waals surface area contributed by atoms with E-state index in [1.165, 1.54) is 0 Å². The van der Waals surface area contributed by atoms with E-state index in [9.17, 15) is 32.8 Å². The molecule has 0 saturated carbocycles. The standard InChI is InChI=1S/C31H45F2N5O6/c1-8-12-21(24(39)27(41)35-18(4)19-13-10-9-11-14-19)36-26(40)23-22-20(31(32,33)16-34-22)15-38(23)28(42)25(30(5,6)7)37-29(43)44-17(2)3/h9-11,13-14,17-18,20-23,25,34H,8,12,15-16H2,1-7H3,(H,35,41)(H,36,40)(H,37,43)/t18-,20-,21?,22-,23-,25+/m0/s1. The molecule has 0 radical (unpaired) electrons. The van der Waals surface area contributed by atoms with Crippen LogP contribution in [-0.4, -0.2) is 83.8 Å². The van der Waals surface area contributed by atoms with Crippen LogP contribution in [0.1, 0.15) is 72.9 Å². The van der Waals surface area contributed by atoms with E-state index in [2.05, 4.69) is 21.3 Å². The normalized spacial score (nSPS) is 22.9. The smallest absolute Gasteiger partial charge is 0.408 e. The number of alkyl halides is 2. The van der Waals surface area contributed by atoms with Crippen molar-refractivity contribution >= 4 is 29.6 Å². The van der Waals surface area contributed by atoms with Gasteiger partial charge in [0.25, 0.3) is 11.8 Å². The van der Waals surface area contributed by atoms with Crippen molar-refractivity contribution in [3.63, 3.8) is 0 Å². The monoisotopic (exact) mass is 621 g/mol. The maximum Gasteiger partial charge on any atom is 0.408 e. The Bertz CT molecular complexity index is 1220. The highest BCUT2D eigenvalue weighted by Gasteiger charge is 2.62. The van der Waals surface area contributed by atoms with E-state index in [0.29, 0.717) is 6.42 Å². The molecule has 0 bridgehead atoms. The lowest BCUT2D eigenvalue weighted by Crippen LogP contribution is -2.61. The minimum absolute atomic E-state index is 0.114. The van der Waals surface area contributed by atoms with E-state index in [0.717, 1.165) is 10.5 Å². The highest BCUT2D eigenvalue weighted by Crippen LogP contribution is 2.41. The fourth-order valence-corrected chi connectivity index (χ4v) is 5.67. The van der Waals surface area contributed by atoms with Crippen LogP contribution in [-0.2, 0) is 23.9 Å². The van der Waals surface area contributed by atoms with Gasteiger partial charge in [0.15, 0.2) is 0 Å². The molecule has 2 aliphatic heterocycles. The molecule has 3 rings (SSSR count). The van der Waals surface area contributed by atoms with Crippen molar-refractivity contribution in [2.24, 2.45) is 11.3 Å². The van der Waals surface area contributed by atoms with Gasteiger partial charge in [-0.05, 0) is 38.2 Å². The van der Waals surface area contributed by atoms with E-state index >= 15 is 0 Å². The number of alkyl carbamates (subject to hydrolysis) is 1. The zero-order chi connectivity index (χ0) is 33.0. The van der Waals surface area contributed by atoms with Gasteiger partial charge < -0.3 is 30.9 Å². The first-order chi connectivity index (χ1) is 20.5. The number of nitrogens with zero attached hydrogens (tertiary/aromatic N) is 1. The van der Waals surface area contributed by atoms with Crippen LogP contribution in [0.2, 0.25) is 0 Å². The fourth-order valence-electron chi connectivity index (χ4n) is 5.67. The quantitative estimate of drug-likeness (QED) is 0.278. The van der Waals surface area contributed by atoms with Crippen LogP contribution < -0.4 is 21.3 Å². The minimum Gasteiger partial charge on any atom is -0.447 e. The first-order valence-corrected chi connectivity index (χ1v) is 15.1. The van der Waals surface area contributed by atoms with Gasteiger partial charge in [0, 0.05) is 12.6 Å². The molecular formula is C31H45F2N5O6. The summed E-state index contributed by atoms with van der Waals surface area (Å²) >= 11 is 0. The summed E-state index contributed by atoms with van der Waals surface area (Å²) in [5, 5.41) is 10.5. The van der Waals surface area contributed by atoms with Crippen molar-refractivity contribution in [1.29, 1.82) is 0 Å². The molecule has 11 nitrogen and oxygen atoms in total. The molecule has 6 atom stereocenters. The van der Waals surface area contributed by atoms with Gasteiger partial charge in [-0.25, -0.2) is 13.6 Å². The van der Waals surface area contributed by atoms with Gasteiger partial charge in [-0.1, -0.05) is 64.4 Å². The van der Waals surface area contributed by atoms with Gasteiger partial charge in [0.05, 0.1) is 30.7 Å². The molecule has 2 fully saturated rings. The molecule has 2 heterocycles. The zero-order valence-electron chi connectivity index (χ0n) is 26.4. The number of ketones is 1. The number of Topliss-reactive ketones (excluding diaryl/α,β-unsaturated/α-hetero) is 1. The third-order valence-corrected chi connectivity index (χ3v) is 7.97. The molecule has 0 spiro atoms. The van der Waals surface area contributed by atoms with Crippen LogP contribution in [0.3, 0.4) is 0 Å². The van der Waals surface area contributed by atoms with Crippen LogP contribution in [0.5, 0.6) is 0 Å². The number of hydrogen-bond acceptors (Lipinski definition) is 7. The third kappa shape index (κ3) is 8.10. The summed E-state index contributed by atoms with van der Waals surface area (Å²) in [4.78, 5) is 67.5. The van der Waals surface area contributed by atoms with Crippen LogP contribution >= 0.6 is 0 Å². The second kappa shape index (κ2) is 14.0. The number of fused-ring (bicyclic) bond motifs is 1. The van der Waals surface area contributed by atoms with E-state index in [4.69, 9.17) is 4.74 Å². The van der Waals surface area contributed by atoms with E-state index < -0.39 is 96.3 Å². The van der Waals surface area contributed by atoms with Crippen LogP contribution in [0.4, 0.5) is 13.6 Å². The number of ether oxygens (including phenoxy) is 1. The van der Waals surface area contributed by atoms with Gasteiger partial charge in [-0.15, -0.1) is 0 Å². The molecule has 0 aliphatic carbocycles. The van der Waals surface area contributed by atoms with Gasteiger partial charge >= 0.3 is 6.09 Å². The van der Waals surface area contributed by atoms with Gasteiger partial charge in [0.1, 0.15) is 12.1 Å². The Kier molecular flexibility index (Phi) is 11.1. The lowest BCUT2D eigenvalue weighted by Gasteiger charge is -2.36. The Morgan fingerprint density at radius 2 is 1.68 bits per heavy atom. The maximum atomic E-state index is 14.9. The lowest BCUT2D eigenvalue weighted by atomic mass is 9.85. The van der Waals surface area contributed by atoms with E-state index in [-0.39, 0.29) is 6.42 Å². The average molecular weight is 622 g/mol. The third-order valence-electron chi connectivity index (χ3n) is 7.97. The summed E-state index contributed by atoms with van der Waals surface area (Å²) in [6.45, 7) is 10.7. The Labute approximate surface area is 257 Å². The summed E-state index contributed by atoms with van der Waals surface area (Å²) < 4.78 is 35.0. The average Bonchev–Trinajstić information content (AvgIpc) is 3.47.